The van der Waals surface area contributed by atoms with Gasteiger partial charge in [-0.2, -0.15) is 0 Å². The molecule has 0 aliphatic heterocycles. The van der Waals surface area contributed by atoms with E-state index in [1.807, 2.05) is 30.3 Å². The van der Waals surface area contributed by atoms with Crippen LogP contribution in [0.1, 0.15) is 0 Å². The first kappa shape index (κ1) is 17.0. The molecule has 0 unspecified atom stereocenters. The van der Waals surface area contributed by atoms with Crippen LogP contribution in [0.3, 0.4) is 0 Å². The molecule has 0 fully saturated rings. The van der Waals surface area contributed by atoms with E-state index >= 15 is 0 Å². The summed E-state index contributed by atoms with van der Waals surface area (Å²) in [5.41, 5.74) is 0.448. The van der Waals surface area contributed by atoms with Gasteiger partial charge in [0.2, 0.25) is 0 Å². The molecule has 0 aliphatic rings. The van der Waals surface area contributed by atoms with Crippen molar-refractivity contribution < 1.29 is 19.2 Å². The Hall–Kier alpha value is -3.87. The number of rotatable bonds is 5. The predicted octanol–water partition coefficient (Wildman–Crippen LogP) is 5.00. The van der Waals surface area contributed by atoms with Crippen molar-refractivity contribution in [1.82, 2.24) is 0 Å². The lowest BCUT2D eigenvalue weighted by atomic mass is 10.3. The average molecular weight is 350 g/mol. The van der Waals surface area contributed by atoms with Crippen molar-refractivity contribution in [2.45, 2.75) is 0 Å². The lowest BCUT2D eigenvalue weighted by Crippen LogP contribution is -2.16. The maximum Gasteiger partial charge on any atom is 0.417 e. The van der Waals surface area contributed by atoms with Gasteiger partial charge in [0.05, 0.1) is 4.92 Å². The number of benzene rings is 3. The summed E-state index contributed by atoms with van der Waals surface area (Å²) in [6.45, 7) is 0. The number of nitro benzene ring substituents is 1. The van der Waals surface area contributed by atoms with Gasteiger partial charge < -0.3 is 9.47 Å². The fourth-order valence-corrected chi connectivity index (χ4v) is 2.12. The number of hydrogen-bond acceptors (Lipinski definition) is 5. The van der Waals surface area contributed by atoms with Crippen molar-refractivity contribution >= 4 is 17.5 Å². The summed E-state index contributed by atoms with van der Waals surface area (Å²) in [6.07, 6.45) is -0.699. The van der Waals surface area contributed by atoms with E-state index in [9.17, 15) is 14.9 Å². The van der Waals surface area contributed by atoms with E-state index in [2.05, 4.69) is 5.32 Å². The molecule has 7 heteroatoms. The Balaban J connectivity index is 1.56. The third kappa shape index (κ3) is 4.57. The molecule has 0 atom stereocenters. The molecule has 7 nitrogen and oxygen atoms in total. The van der Waals surface area contributed by atoms with Crippen molar-refractivity contribution in [3.05, 3.63) is 89.0 Å². The summed E-state index contributed by atoms with van der Waals surface area (Å²) in [6, 6.07) is 21.4. The first-order valence-corrected chi connectivity index (χ1v) is 7.66. The molecule has 130 valence electrons. The van der Waals surface area contributed by atoms with Crippen LogP contribution in [0.2, 0.25) is 0 Å². The topological polar surface area (TPSA) is 90.7 Å². The van der Waals surface area contributed by atoms with Crippen LogP contribution >= 0.6 is 0 Å². The normalized spacial score (nSPS) is 10.0. The first-order valence-electron chi connectivity index (χ1n) is 7.66. The summed E-state index contributed by atoms with van der Waals surface area (Å²) in [5.74, 6) is 1.55. The van der Waals surface area contributed by atoms with Crippen LogP contribution in [0, 0.1) is 10.1 Å². The number of para-hydroxylation sites is 1. The van der Waals surface area contributed by atoms with Crippen molar-refractivity contribution in [3.63, 3.8) is 0 Å². The van der Waals surface area contributed by atoms with Crippen LogP contribution in [0.25, 0.3) is 0 Å². The number of non-ortho nitro benzene ring substituents is 1. The lowest BCUT2D eigenvalue weighted by molar-refractivity contribution is -0.384. The minimum absolute atomic E-state index is 0.0771. The Morgan fingerprint density at radius 1 is 0.808 bits per heavy atom. The molecule has 26 heavy (non-hydrogen) atoms. The molecule has 0 aromatic heterocycles. The summed E-state index contributed by atoms with van der Waals surface area (Å²) < 4.78 is 10.7. The van der Waals surface area contributed by atoms with E-state index in [4.69, 9.17) is 9.47 Å². The van der Waals surface area contributed by atoms with Crippen LogP contribution in [-0.4, -0.2) is 11.0 Å². The van der Waals surface area contributed by atoms with Crippen molar-refractivity contribution in [3.8, 4) is 17.2 Å². The molecule has 0 aliphatic carbocycles. The molecule has 1 amide bonds. The number of carbonyl (C=O) groups excluding carboxylic acids is 1. The number of nitrogens with one attached hydrogen (secondary N) is 1. The van der Waals surface area contributed by atoms with Gasteiger partial charge >= 0.3 is 6.09 Å². The molecule has 0 radical (unpaired) electrons. The summed E-state index contributed by atoms with van der Waals surface area (Å²) in [7, 11) is 0. The zero-order valence-corrected chi connectivity index (χ0v) is 13.5. The van der Waals surface area contributed by atoms with Crippen LogP contribution < -0.4 is 14.8 Å². The van der Waals surface area contributed by atoms with Gasteiger partial charge in [-0.15, -0.1) is 0 Å². The van der Waals surface area contributed by atoms with Gasteiger partial charge in [0.15, 0.2) is 0 Å². The number of nitro groups is 1. The minimum atomic E-state index is -0.699. The van der Waals surface area contributed by atoms with E-state index in [1.165, 1.54) is 24.3 Å². The highest BCUT2D eigenvalue weighted by molar-refractivity contribution is 5.86. The second kappa shape index (κ2) is 7.80. The van der Waals surface area contributed by atoms with Gasteiger partial charge in [-0.1, -0.05) is 18.2 Å². The van der Waals surface area contributed by atoms with E-state index < -0.39 is 11.0 Å². The van der Waals surface area contributed by atoms with Gasteiger partial charge in [-0.25, -0.2) is 4.79 Å². The number of amides is 1. The van der Waals surface area contributed by atoms with Gasteiger partial charge in [0, 0.05) is 17.8 Å². The van der Waals surface area contributed by atoms with Crippen LogP contribution in [0.4, 0.5) is 16.2 Å². The number of hydrogen-bond donors (Lipinski definition) is 1. The third-order valence-electron chi connectivity index (χ3n) is 3.34. The molecule has 3 aromatic rings. The Kier molecular flexibility index (Phi) is 5.09. The second-order valence-electron chi connectivity index (χ2n) is 5.21. The Morgan fingerprint density at radius 3 is 2.00 bits per heavy atom. The minimum Gasteiger partial charge on any atom is -0.457 e. The van der Waals surface area contributed by atoms with E-state index in [1.54, 1.807) is 24.3 Å². The van der Waals surface area contributed by atoms with Gasteiger partial charge in [0.1, 0.15) is 17.2 Å². The predicted molar refractivity (Wildman–Crippen MR) is 95.7 cm³/mol. The summed E-state index contributed by atoms with van der Waals surface area (Å²) in [5, 5.41) is 13.2. The molecular weight excluding hydrogens is 336 g/mol. The maximum atomic E-state index is 11.9. The zero-order valence-electron chi connectivity index (χ0n) is 13.5. The molecular formula is C19H14N2O5. The number of ether oxygens (including phenoxy) is 2. The smallest absolute Gasteiger partial charge is 0.417 e. The Morgan fingerprint density at radius 2 is 1.38 bits per heavy atom. The zero-order chi connectivity index (χ0) is 18.4. The number of carbonyl (C=O) groups is 1. The van der Waals surface area contributed by atoms with Gasteiger partial charge in [0.25, 0.3) is 5.69 Å². The van der Waals surface area contributed by atoms with Crippen LogP contribution in [0.5, 0.6) is 17.2 Å². The molecule has 3 rings (SSSR count). The third-order valence-corrected chi connectivity index (χ3v) is 3.34. The number of nitrogens with zero attached hydrogens (tertiary/aromatic N) is 1. The van der Waals surface area contributed by atoms with Crippen molar-refractivity contribution in [2.24, 2.45) is 0 Å². The van der Waals surface area contributed by atoms with E-state index in [0.29, 0.717) is 17.2 Å². The second-order valence-corrected chi connectivity index (χ2v) is 5.21. The van der Waals surface area contributed by atoms with Gasteiger partial charge in [-0.05, 0) is 48.5 Å². The first-order chi connectivity index (χ1) is 12.6. The summed E-state index contributed by atoms with van der Waals surface area (Å²) in [4.78, 5) is 21.9. The standard InChI is InChI=1S/C19H14N2O5/c22-19(26-18-12-8-15(9-13-18)21(23)24)20-14-6-10-17(11-7-14)25-16-4-2-1-3-5-16/h1-13H,(H,20,22). The molecule has 0 saturated heterocycles. The fourth-order valence-electron chi connectivity index (χ4n) is 2.12. The average Bonchev–Trinajstić information content (AvgIpc) is 2.64. The largest absolute Gasteiger partial charge is 0.457 e. The van der Waals surface area contributed by atoms with E-state index in [-0.39, 0.29) is 11.4 Å². The summed E-state index contributed by atoms with van der Waals surface area (Å²) >= 11 is 0. The highest BCUT2D eigenvalue weighted by Gasteiger charge is 2.08. The Bertz CT molecular complexity index is 893. The molecule has 0 bridgehead atoms. The van der Waals surface area contributed by atoms with Crippen LogP contribution in [-0.2, 0) is 0 Å². The Labute approximate surface area is 149 Å². The SMILES string of the molecule is O=C(Nc1ccc(Oc2ccccc2)cc1)Oc1ccc([N+](=O)[O-])cc1. The molecule has 3 aromatic carbocycles. The highest BCUT2D eigenvalue weighted by atomic mass is 16.6. The molecule has 0 spiro atoms. The maximum absolute atomic E-state index is 11.9. The number of anilines is 1. The highest BCUT2D eigenvalue weighted by Crippen LogP contribution is 2.23. The van der Waals surface area contributed by atoms with E-state index in [0.717, 1.165) is 0 Å². The van der Waals surface area contributed by atoms with Gasteiger partial charge in [-0.3, -0.25) is 15.4 Å². The quantitative estimate of drug-likeness (QED) is 0.516. The fraction of sp³-hybridized carbons (Fsp3) is 0. The van der Waals surface area contributed by atoms with Crippen molar-refractivity contribution in [2.75, 3.05) is 5.32 Å². The monoisotopic (exact) mass is 350 g/mol. The molecule has 0 saturated carbocycles. The van der Waals surface area contributed by atoms with Crippen LogP contribution in [0.15, 0.2) is 78.9 Å². The lowest BCUT2D eigenvalue weighted by Gasteiger charge is -2.08. The molecule has 1 N–H and O–H groups in total. The molecule has 0 heterocycles. The van der Waals surface area contributed by atoms with Crippen molar-refractivity contribution in [1.29, 1.82) is 0 Å².